The Labute approximate surface area is 90.8 Å². The fourth-order valence-electron chi connectivity index (χ4n) is 0.250. The predicted octanol–water partition coefficient (Wildman–Crippen LogP) is 0.422. The molecular weight excluding hydrogens is 135 g/mol. The van der Waals surface area contributed by atoms with Gasteiger partial charge in [-0.1, -0.05) is 6.92 Å². The molecule has 0 aliphatic carbocycles. The second kappa shape index (κ2) is 8.07. The van der Waals surface area contributed by atoms with Crippen molar-refractivity contribution in [2.45, 2.75) is 19.8 Å². The molecule has 43 valence electrons. The Balaban J connectivity index is 0. The summed E-state index contributed by atoms with van der Waals surface area (Å²) >= 11 is 0. The molecule has 0 bridgehead atoms. The molecule has 1 N–H and O–H groups in total. The van der Waals surface area contributed by atoms with Gasteiger partial charge < -0.3 is 4.89 Å². The Morgan fingerprint density at radius 2 is 2.25 bits per heavy atom. The van der Waals surface area contributed by atoms with Crippen LogP contribution in [-0.2, 0) is 9.68 Å². The van der Waals surface area contributed by atoms with E-state index in [0.717, 1.165) is 0 Å². The molecular formula is C4H8KO3. The average molecular weight is 143 g/mol. The number of hydrogen-bond donors (Lipinski definition) is 1. The van der Waals surface area contributed by atoms with Gasteiger partial charge in [-0.25, -0.2) is 4.79 Å². The van der Waals surface area contributed by atoms with Gasteiger partial charge in [0.15, 0.2) is 0 Å². The van der Waals surface area contributed by atoms with Crippen LogP contribution in [0.5, 0.6) is 0 Å². The van der Waals surface area contributed by atoms with E-state index in [9.17, 15) is 4.79 Å². The Hall–Kier alpha value is 1.07. The van der Waals surface area contributed by atoms with Gasteiger partial charge in [0.1, 0.15) is 0 Å². The molecule has 0 rings (SSSR count). The molecule has 0 heterocycles. The van der Waals surface area contributed by atoms with E-state index >= 15 is 0 Å². The van der Waals surface area contributed by atoms with E-state index in [1.165, 1.54) is 0 Å². The van der Waals surface area contributed by atoms with E-state index in [1.807, 2.05) is 6.92 Å². The maximum atomic E-state index is 9.94. The van der Waals surface area contributed by atoms with Gasteiger partial charge in [-0.3, -0.25) is 0 Å². The Kier molecular flexibility index (Phi) is 11.9. The van der Waals surface area contributed by atoms with Crippen molar-refractivity contribution in [2.75, 3.05) is 0 Å². The van der Waals surface area contributed by atoms with Crippen LogP contribution in [0, 0.1) is 0 Å². The van der Waals surface area contributed by atoms with Gasteiger partial charge in [0.2, 0.25) is 0 Å². The van der Waals surface area contributed by atoms with Gasteiger partial charge in [0.25, 0.3) is 0 Å². The fraction of sp³-hybridized carbons (Fsp3) is 0.750. The zero-order valence-electron chi connectivity index (χ0n) is 5.18. The molecule has 0 unspecified atom stereocenters. The second-order valence-electron chi connectivity index (χ2n) is 1.21. The Morgan fingerprint density at radius 1 is 1.75 bits per heavy atom. The predicted molar refractivity (Wildman–Crippen MR) is 29.4 cm³/mol. The third kappa shape index (κ3) is 7.07. The summed E-state index contributed by atoms with van der Waals surface area (Å²) < 4.78 is 0. The Bertz CT molecular complexity index is 64.3. The van der Waals surface area contributed by atoms with Crippen molar-refractivity contribution in [1.29, 1.82) is 0 Å². The van der Waals surface area contributed by atoms with Crippen molar-refractivity contribution in [2.24, 2.45) is 0 Å². The SMILES string of the molecule is CCCC(=O)OO.[K]. The number of hydrogen-bond acceptors (Lipinski definition) is 3. The van der Waals surface area contributed by atoms with E-state index in [4.69, 9.17) is 5.26 Å². The van der Waals surface area contributed by atoms with Crippen molar-refractivity contribution in [3.8, 4) is 0 Å². The fourth-order valence-corrected chi connectivity index (χ4v) is 0.250. The molecule has 0 amide bonds. The van der Waals surface area contributed by atoms with E-state index in [-0.39, 0.29) is 57.8 Å². The summed E-state index contributed by atoms with van der Waals surface area (Å²) in [6.07, 6.45) is 0.996. The van der Waals surface area contributed by atoms with Crippen molar-refractivity contribution >= 4 is 57.4 Å². The second-order valence-corrected chi connectivity index (χ2v) is 1.21. The topological polar surface area (TPSA) is 46.5 Å². The number of rotatable bonds is 2. The summed E-state index contributed by atoms with van der Waals surface area (Å²) in [6.45, 7) is 1.83. The molecule has 4 heteroatoms. The van der Waals surface area contributed by atoms with Crippen LogP contribution in [0.15, 0.2) is 0 Å². The summed E-state index contributed by atoms with van der Waals surface area (Å²) in [6, 6.07) is 0. The maximum absolute atomic E-state index is 9.94. The van der Waals surface area contributed by atoms with Crippen LogP contribution in [0.3, 0.4) is 0 Å². The standard InChI is InChI=1S/C4H8O3.K/c1-2-3-4(5)7-6;/h6H,2-3H2,1H3;. The molecule has 0 fully saturated rings. The normalized spacial score (nSPS) is 7.25. The monoisotopic (exact) mass is 143 g/mol. The van der Waals surface area contributed by atoms with Crippen LogP contribution in [0.4, 0.5) is 0 Å². The van der Waals surface area contributed by atoms with Crippen molar-refractivity contribution in [3.63, 3.8) is 0 Å². The van der Waals surface area contributed by atoms with Gasteiger partial charge in [0.05, 0.1) is 0 Å². The summed E-state index contributed by atoms with van der Waals surface area (Å²) in [7, 11) is 0. The van der Waals surface area contributed by atoms with Crippen molar-refractivity contribution in [3.05, 3.63) is 0 Å². The van der Waals surface area contributed by atoms with Crippen LogP contribution in [0.25, 0.3) is 0 Å². The van der Waals surface area contributed by atoms with Crippen LogP contribution in [0.1, 0.15) is 19.8 Å². The molecule has 0 aliphatic rings. The van der Waals surface area contributed by atoms with Gasteiger partial charge in [-0.2, -0.15) is 5.26 Å². The molecule has 0 aromatic rings. The molecule has 3 nitrogen and oxygen atoms in total. The third-order valence-electron chi connectivity index (χ3n) is 0.556. The van der Waals surface area contributed by atoms with Crippen molar-refractivity contribution < 1.29 is 14.9 Å². The maximum Gasteiger partial charge on any atom is 0.342 e. The van der Waals surface area contributed by atoms with Crippen LogP contribution < -0.4 is 0 Å². The first-order valence-electron chi connectivity index (χ1n) is 2.15. The quantitative estimate of drug-likeness (QED) is 0.346. The molecule has 0 aliphatic heterocycles. The van der Waals surface area contributed by atoms with Crippen LogP contribution >= 0.6 is 0 Å². The number of carbonyl (C=O) groups is 1. The summed E-state index contributed by atoms with van der Waals surface area (Å²) in [5, 5.41) is 7.62. The molecule has 1 radical (unpaired) electrons. The minimum Gasteiger partial charge on any atom is -0.301 e. The van der Waals surface area contributed by atoms with E-state index < -0.39 is 5.97 Å². The van der Waals surface area contributed by atoms with E-state index in [1.54, 1.807) is 0 Å². The number of carbonyl (C=O) groups excluding carboxylic acids is 1. The Morgan fingerprint density at radius 3 is 2.38 bits per heavy atom. The van der Waals surface area contributed by atoms with Gasteiger partial charge >= 0.3 is 5.97 Å². The zero-order valence-corrected chi connectivity index (χ0v) is 8.30. The molecule has 0 aromatic carbocycles. The minimum absolute atomic E-state index is 0. The van der Waals surface area contributed by atoms with Gasteiger partial charge in [0, 0.05) is 57.8 Å². The molecule has 8 heavy (non-hydrogen) atoms. The molecule has 0 saturated heterocycles. The summed E-state index contributed by atoms with van der Waals surface area (Å²) in [5.41, 5.74) is 0. The summed E-state index contributed by atoms with van der Waals surface area (Å²) in [4.78, 5) is 13.3. The van der Waals surface area contributed by atoms with Crippen molar-refractivity contribution in [1.82, 2.24) is 0 Å². The first-order valence-corrected chi connectivity index (χ1v) is 2.15. The molecule has 0 saturated carbocycles. The van der Waals surface area contributed by atoms with Gasteiger partial charge in [-0.15, -0.1) is 0 Å². The third-order valence-corrected chi connectivity index (χ3v) is 0.556. The zero-order chi connectivity index (χ0) is 5.70. The van der Waals surface area contributed by atoms with Crippen LogP contribution in [-0.4, -0.2) is 62.6 Å². The molecule has 0 atom stereocenters. The van der Waals surface area contributed by atoms with E-state index in [0.29, 0.717) is 6.42 Å². The first-order chi connectivity index (χ1) is 3.31. The van der Waals surface area contributed by atoms with Crippen LogP contribution in [0.2, 0.25) is 0 Å². The largest absolute Gasteiger partial charge is 0.342 e. The average Bonchev–Trinajstić information content (AvgIpc) is 1.68. The minimum atomic E-state index is -0.567. The summed E-state index contributed by atoms with van der Waals surface area (Å²) in [5.74, 6) is -0.567. The molecule has 0 spiro atoms. The molecule has 0 aromatic heterocycles. The smallest absolute Gasteiger partial charge is 0.301 e. The van der Waals surface area contributed by atoms with E-state index in [2.05, 4.69) is 4.89 Å². The van der Waals surface area contributed by atoms with Gasteiger partial charge in [-0.05, 0) is 6.42 Å². The first kappa shape index (κ1) is 11.8.